The van der Waals surface area contributed by atoms with Crippen molar-refractivity contribution in [3.8, 4) is 0 Å². The highest BCUT2D eigenvalue weighted by Gasteiger charge is 2.21. The monoisotopic (exact) mass is 269 g/mol. The van der Waals surface area contributed by atoms with Crippen LogP contribution in [0.4, 0.5) is 11.4 Å². The number of benzene rings is 1. The molecule has 0 spiro atoms. The molecule has 20 heavy (non-hydrogen) atoms. The largest absolute Gasteiger partial charge is 0.397 e. The van der Waals surface area contributed by atoms with Crippen molar-refractivity contribution < 1.29 is 0 Å². The molecule has 1 aliphatic carbocycles. The van der Waals surface area contributed by atoms with Crippen LogP contribution in [-0.2, 0) is 0 Å². The molecule has 0 radical (unpaired) electrons. The molecule has 106 valence electrons. The van der Waals surface area contributed by atoms with Gasteiger partial charge in [0.05, 0.1) is 11.2 Å². The number of hydrogen-bond donors (Lipinski definition) is 1. The van der Waals surface area contributed by atoms with Gasteiger partial charge >= 0.3 is 0 Å². The number of rotatable bonds is 3. The first kappa shape index (κ1) is 13.2. The fourth-order valence-corrected chi connectivity index (χ4v) is 3.45. The summed E-state index contributed by atoms with van der Waals surface area (Å²) < 4.78 is 0. The molecule has 1 aromatic carbocycles. The molecule has 0 aliphatic heterocycles. The number of hydrogen-bond acceptors (Lipinski definition) is 3. The molecular formula is C17H23N3. The van der Waals surface area contributed by atoms with Crippen molar-refractivity contribution in [1.29, 1.82) is 0 Å². The molecule has 3 rings (SSSR count). The van der Waals surface area contributed by atoms with Crippen LogP contribution in [-0.4, -0.2) is 17.6 Å². The standard InChI is InChI=1S/C17H23N3/c1-2-20(13-7-4-3-5-8-13)16-11-10-15(18)17-14(16)9-6-12-19-17/h6,9-13H,2-5,7-8,18H2,1H3. The predicted octanol–water partition coefficient (Wildman–Crippen LogP) is 3.98. The van der Waals surface area contributed by atoms with Gasteiger partial charge in [0, 0.05) is 29.9 Å². The highest BCUT2D eigenvalue weighted by atomic mass is 15.2. The second-order valence-corrected chi connectivity index (χ2v) is 5.65. The van der Waals surface area contributed by atoms with Gasteiger partial charge in [-0.15, -0.1) is 0 Å². The van der Waals surface area contributed by atoms with Crippen LogP contribution < -0.4 is 10.6 Å². The maximum absolute atomic E-state index is 6.06. The Balaban J connectivity index is 2.05. The summed E-state index contributed by atoms with van der Waals surface area (Å²) in [5.41, 5.74) is 9.05. The van der Waals surface area contributed by atoms with Crippen molar-refractivity contribution in [2.24, 2.45) is 0 Å². The Morgan fingerprint density at radius 3 is 2.75 bits per heavy atom. The number of aromatic nitrogens is 1. The Morgan fingerprint density at radius 2 is 2.00 bits per heavy atom. The Hall–Kier alpha value is -1.77. The molecule has 0 amide bonds. The van der Waals surface area contributed by atoms with Gasteiger partial charge < -0.3 is 10.6 Å². The van der Waals surface area contributed by atoms with E-state index in [4.69, 9.17) is 5.73 Å². The Morgan fingerprint density at radius 1 is 1.20 bits per heavy atom. The van der Waals surface area contributed by atoms with E-state index >= 15 is 0 Å². The van der Waals surface area contributed by atoms with Gasteiger partial charge in [-0.2, -0.15) is 0 Å². The van der Waals surface area contributed by atoms with Gasteiger partial charge in [0.25, 0.3) is 0 Å². The lowest BCUT2D eigenvalue weighted by atomic mass is 9.93. The summed E-state index contributed by atoms with van der Waals surface area (Å²) in [6, 6.07) is 8.97. The number of nitrogen functional groups attached to an aromatic ring is 1. The van der Waals surface area contributed by atoms with Crippen molar-refractivity contribution in [3.63, 3.8) is 0 Å². The van der Waals surface area contributed by atoms with Crippen molar-refractivity contribution >= 4 is 22.3 Å². The summed E-state index contributed by atoms with van der Waals surface area (Å²) in [6.07, 6.45) is 8.52. The molecule has 0 saturated heterocycles. The molecule has 2 aromatic rings. The van der Waals surface area contributed by atoms with Crippen molar-refractivity contribution in [1.82, 2.24) is 4.98 Å². The fraction of sp³-hybridized carbons (Fsp3) is 0.471. The number of pyridine rings is 1. The minimum atomic E-state index is 0.667. The lowest BCUT2D eigenvalue weighted by Gasteiger charge is -2.36. The zero-order chi connectivity index (χ0) is 13.9. The number of nitrogens with zero attached hydrogens (tertiary/aromatic N) is 2. The molecule has 2 N–H and O–H groups in total. The van der Waals surface area contributed by atoms with Crippen molar-refractivity contribution in [3.05, 3.63) is 30.5 Å². The minimum Gasteiger partial charge on any atom is -0.397 e. The zero-order valence-electron chi connectivity index (χ0n) is 12.2. The molecule has 0 unspecified atom stereocenters. The Kier molecular flexibility index (Phi) is 3.77. The Bertz CT molecular complexity index is 588. The van der Waals surface area contributed by atoms with Gasteiger partial charge in [0.1, 0.15) is 0 Å². The number of fused-ring (bicyclic) bond motifs is 1. The van der Waals surface area contributed by atoms with Gasteiger partial charge in [0.15, 0.2) is 0 Å². The number of anilines is 2. The van der Waals surface area contributed by atoms with Crippen LogP contribution in [0.15, 0.2) is 30.5 Å². The Labute approximate surface area is 120 Å². The van der Waals surface area contributed by atoms with E-state index in [1.807, 2.05) is 18.3 Å². The molecule has 0 bridgehead atoms. The second kappa shape index (κ2) is 5.70. The van der Waals surface area contributed by atoms with Crippen LogP contribution in [0.1, 0.15) is 39.0 Å². The van der Waals surface area contributed by atoms with E-state index in [1.165, 1.54) is 43.2 Å². The van der Waals surface area contributed by atoms with E-state index < -0.39 is 0 Å². The van der Waals surface area contributed by atoms with E-state index in [0.717, 1.165) is 17.7 Å². The predicted molar refractivity (Wildman–Crippen MR) is 86.0 cm³/mol. The fourth-order valence-electron chi connectivity index (χ4n) is 3.45. The maximum Gasteiger partial charge on any atom is 0.0951 e. The summed E-state index contributed by atoms with van der Waals surface area (Å²) in [5, 5.41) is 1.18. The van der Waals surface area contributed by atoms with E-state index in [0.29, 0.717) is 6.04 Å². The van der Waals surface area contributed by atoms with E-state index in [-0.39, 0.29) is 0 Å². The first-order valence-electron chi connectivity index (χ1n) is 7.71. The second-order valence-electron chi connectivity index (χ2n) is 5.65. The van der Waals surface area contributed by atoms with Crippen molar-refractivity contribution in [2.75, 3.05) is 17.2 Å². The van der Waals surface area contributed by atoms with Crippen LogP contribution in [0.3, 0.4) is 0 Å². The molecule has 1 aliphatic rings. The molecule has 1 saturated carbocycles. The van der Waals surface area contributed by atoms with Crippen LogP contribution in [0.2, 0.25) is 0 Å². The van der Waals surface area contributed by atoms with Crippen LogP contribution in [0, 0.1) is 0 Å². The average molecular weight is 269 g/mol. The maximum atomic E-state index is 6.06. The molecule has 3 nitrogen and oxygen atoms in total. The normalized spacial score (nSPS) is 16.4. The topological polar surface area (TPSA) is 42.1 Å². The van der Waals surface area contributed by atoms with Crippen LogP contribution in [0.5, 0.6) is 0 Å². The molecule has 0 atom stereocenters. The van der Waals surface area contributed by atoms with Crippen LogP contribution in [0.25, 0.3) is 10.9 Å². The van der Waals surface area contributed by atoms with Gasteiger partial charge in [0.2, 0.25) is 0 Å². The van der Waals surface area contributed by atoms with Crippen molar-refractivity contribution in [2.45, 2.75) is 45.1 Å². The lowest BCUT2D eigenvalue weighted by molar-refractivity contribution is 0.418. The summed E-state index contributed by atoms with van der Waals surface area (Å²) in [5.74, 6) is 0. The smallest absolute Gasteiger partial charge is 0.0951 e. The van der Waals surface area contributed by atoms with Crippen LogP contribution >= 0.6 is 0 Å². The summed E-state index contributed by atoms with van der Waals surface area (Å²) >= 11 is 0. The summed E-state index contributed by atoms with van der Waals surface area (Å²) in [4.78, 5) is 7.00. The average Bonchev–Trinajstić information content (AvgIpc) is 2.52. The third-order valence-electron chi connectivity index (χ3n) is 4.44. The van der Waals surface area contributed by atoms with Gasteiger partial charge in [-0.25, -0.2) is 0 Å². The molecule has 1 heterocycles. The molecule has 3 heteroatoms. The molecule has 1 aromatic heterocycles. The first-order chi connectivity index (χ1) is 9.81. The lowest BCUT2D eigenvalue weighted by Crippen LogP contribution is -2.36. The highest BCUT2D eigenvalue weighted by Crippen LogP contribution is 2.33. The highest BCUT2D eigenvalue weighted by molar-refractivity contribution is 5.98. The third kappa shape index (κ3) is 2.33. The first-order valence-corrected chi connectivity index (χ1v) is 7.71. The SMILES string of the molecule is CCN(c1ccc(N)c2ncccc12)C1CCCCC1. The third-order valence-corrected chi connectivity index (χ3v) is 4.44. The zero-order valence-corrected chi connectivity index (χ0v) is 12.2. The number of nitrogens with two attached hydrogens (primary N) is 1. The van der Waals surface area contributed by atoms with E-state index in [9.17, 15) is 0 Å². The summed E-state index contributed by atoms with van der Waals surface area (Å²) in [7, 11) is 0. The molecule has 1 fully saturated rings. The summed E-state index contributed by atoms with van der Waals surface area (Å²) in [6.45, 7) is 3.28. The van der Waals surface area contributed by atoms with E-state index in [1.54, 1.807) is 0 Å². The van der Waals surface area contributed by atoms with Gasteiger partial charge in [-0.3, -0.25) is 4.98 Å². The van der Waals surface area contributed by atoms with Gasteiger partial charge in [-0.1, -0.05) is 19.3 Å². The molecular weight excluding hydrogens is 246 g/mol. The van der Waals surface area contributed by atoms with E-state index in [2.05, 4.69) is 28.9 Å². The quantitative estimate of drug-likeness (QED) is 0.857. The minimum absolute atomic E-state index is 0.667. The van der Waals surface area contributed by atoms with Gasteiger partial charge in [-0.05, 0) is 44.0 Å².